The summed E-state index contributed by atoms with van der Waals surface area (Å²) in [4.78, 5) is 7.97. The van der Waals surface area contributed by atoms with E-state index in [9.17, 15) is 0 Å². The normalized spacial score (nSPS) is 12.2. The third-order valence-electron chi connectivity index (χ3n) is 2.09. The molecule has 0 fully saturated rings. The van der Waals surface area contributed by atoms with Crippen LogP contribution in [0.4, 0.5) is 5.82 Å². The van der Waals surface area contributed by atoms with Gasteiger partial charge in [0.2, 0.25) is 0 Å². The number of nitrogens with two attached hydrogens (primary N) is 1. The third-order valence-corrected chi connectivity index (χ3v) is 2.37. The molecule has 7 heteroatoms. The second-order valence-corrected chi connectivity index (χ2v) is 3.89. The zero-order chi connectivity index (χ0) is 12.7. The van der Waals surface area contributed by atoms with Gasteiger partial charge in [0.05, 0.1) is 19.9 Å². The van der Waals surface area contributed by atoms with Crippen molar-refractivity contribution in [3.05, 3.63) is 11.2 Å². The van der Waals surface area contributed by atoms with Gasteiger partial charge in [0.25, 0.3) is 0 Å². The lowest BCUT2D eigenvalue weighted by Gasteiger charge is -2.12. The Labute approximate surface area is 105 Å². The molecule has 0 aromatic carbocycles. The van der Waals surface area contributed by atoms with Crippen LogP contribution in [0.25, 0.3) is 0 Å². The lowest BCUT2D eigenvalue weighted by molar-refractivity contribution is 0.178. The fourth-order valence-corrected chi connectivity index (χ4v) is 1.40. The van der Waals surface area contributed by atoms with Gasteiger partial charge in [-0.15, -0.1) is 0 Å². The SMILES string of the molecule is COCC(N)CCNc1nc(OC)ncc1Cl. The summed E-state index contributed by atoms with van der Waals surface area (Å²) in [5.74, 6) is 0.545. The number of hydrogen-bond acceptors (Lipinski definition) is 6. The van der Waals surface area contributed by atoms with E-state index in [0.29, 0.717) is 24.0 Å². The third kappa shape index (κ3) is 4.72. The molecule has 3 N–H and O–H groups in total. The summed E-state index contributed by atoms with van der Waals surface area (Å²) in [5.41, 5.74) is 5.79. The molecule has 0 spiro atoms. The molecule has 0 aliphatic carbocycles. The summed E-state index contributed by atoms with van der Waals surface area (Å²) >= 11 is 5.93. The molecule has 1 aromatic heterocycles. The van der Waals surface area contributed by atoms with Gasteiger partial charge in [0.1, 0.15) is 5.02 Å². The van der Waals surface area contributed by atoms with Crippen molar-refractivity contribution in [2.45, 2.75) is 12.5 Å². The summed E-state index contributed by atoms with van der Waals surface area (Å²) in [6.45, 7) is 1.19. The molecule has 1 unspecified atom stereocenters. The maximum absolute atomic E-state index is 5.93. The standard InChI is InChI=1S/C10H17ClN4O2/c1-16-6-7(12)3-4-13-9-8(11)5-14-10(15-9)17-2/h5,7H,3-4,6,12H2,1-2H3,(H,13,14,15). The Morgan fingerprint density at radius 3 is 2.94 bits per heavy atom. The number of aromatic nitrogens is 2. The van der Waals surface area contributed by atoms with Gasteiger partial charge >= 0.3 is 6.01 Å². The number of hydrogen-bond donors (Lipinski definition) is 2. The number of anilines is 1. The van der Waals surface area contributed by atoms with Gasteiger partial charge in [0.15, 0.2) is 5.82 Å². The van der Waals surface area contributed by atoms with Crippen LogP contribution in [-0.2, 0) is 4.74 Å². The second kappa shape index (κ2) is 7.26. The molecular weight excluding hydrogens is 244 g/mol. The molecule has 1 atom stereocenters. The lowest BCUT2D eigenvalue weighted by atomic mass is 10.2. The smallest absolute Gasteiger partial charge is 0.318 e. The van der Waals surface area contributed by atoms with Crippen LogP contribution in [0.3, 0.4) is 0 Å². The van der Waals surface area contributed by atoms with Crippen molar-refractivity contribution in [3.8, 4) is 6.01 Å². The van der Waals surface area contributed by atoms with Crippen LogP contribution in [0.15, 0.2) is 6.20 Å². The van der Waals surface area contributed by atoms with Crippen molar-refractivity contribution >= 4 is 17.4 Å². The Morgan fingerprint density at radius 2 is 2.29 bits per heavy atom. The lowest BCUT2D eigenvalue weighted by Crippen LogP contribution is -2.28. The van der Waals surface area contributed by atoms with Crippen molar-refractivity contribution in [1.82, 2.24) is 9.97 Å². The van der Waals surface area contributed by atoms with Gasteiger partial charge in [-0.3, -0.25) is 0 Å². The minimum absolute atomic E-state index is 0.00462. The minimum Gasteiger partial charge on any atom is -0.467 e. The van der Waals surface area contributed by atoms with Gasteiger partial charge < -0.3 is 20.5 Å². The van der Waals surface area contributed by atoms with E-state index in [2.05, 4.69) is 15.3 Å². The number of halogens is 1. The van der Waals surface area contributed by atoms with E-state index in [-0.39, 0.29) is 12.1 Å². The summed E-state index contributed by atoms with van der Waals surface area (Å²) in [6, 6.07) is 0.271. The van der Waals surface area contributed by atoms with Crippen LogP contribution in [0, 0.1) is 0 Å². The fraction of sp³-hybridized carbons (Fsp3) is 0.600. The Balaban J connectivity index is 2.45. The molecule has 0 amide bonds. The van der Waals surface area contributed by atoms with Crippen molar-refractivity contribution in [2.75, 3.05) is 32.7 Å². The molecule has 17 heavy (non-hydrogen) atoms. The molecule has 0 saturated heterocycles. The number of nitrogens with one attached hydrogen (secondary N) is 1. The Kier molecular flexibility index (Phi) is 5.96. The van der Waals surface area contributed by atoms with Crippen molar-refractivity contribution in [3.63, 3.8) is 0 Å². The second-order valence-electron chi connectivity index (χ2n) is 3.48. The number of ether oxygens (including phenoxy) is 2. The molecule has 6 nitrogen and oxygen atoms in total. The van der Waals surface area contributed by atoms with Crippen molar-refractivity contribution in [2.24, 2.45) is 5.73 Å². The maximum atomic E-state index is 5.93. The van der Waals surface area contributed by atoms with Crippen LogP contribution in [0.1, 0.15) is 6.42 Å². The van der Waals surface area contributed by atoms with Gasteiger partial charge in [-0.2, -0.15) is 4.98 Å². The highest BCUT2D eigenvalue weighted by Gasteiger charge is 2.06. The summed E-state index contributed by atoms with van der Waals surface area (Å²) in [5, 5.41) is 3.53. The fourth-order valence-electron chi connectivity index (χ4n) is 1.25. The first-order chi connectivity index (χ1) is 8.17. The molecule has 1 heterocycles. The molecule has 0 radical (unpaired) electrons. The molecule has 0 bridgehead atoms. The first-order valence-corrected chi connectivity index (χ1v) is 5.60. The Morgan fingerprint density at radius 1 is 1.53 bits per heavy atom. The molecule has 0 aliphatic heterocycles. The Bertz CT molecular complexity index is 351. The maximum Gasteiger partial charge on any atom is 0.318 e. The molecule has 96 valence electrons. The van der Waals surface area contributed by atoms with Crippen LogP contribution in [0.5, 0.6) is 6.01 Å². The van der Waals surface area contributed by atoms with Gasteiger partial charge in [-0.1, -0.05) is 11.6 Å². The molecule has 0 saturated carbocycles. The quantitative estimate of drug-likeness (QED) is 0.759. The van der Waals surface area contributed by atoms with E-state index in [1.165, 1.54) is 13.3 Å². The monoisotopic (exact) mass is 260 g/mol. The van der Waals surface area contributed by atoms with Crippen LogP contribution < -0.4 is 15.8 Å². The van der Waals surface area contributed by atoms with E-state index >= 15 is 0 Å². The highest BCUT2D eigenvalue weighted by atomic mass is 35.5. The van der Waals surface area contributed by atoms with E-state index in [1.807, 2.05) is 0 Å². The van der Waals surface area contributed by atoms with Crippen molar-refractivity contribution in [1.29, 1.82) is 0 Å². The predicted octanol–water partition coefficient (Wildman–Crippen LogP) is 0.914. The zero-order valence-electron chi connectivity index (χ0n) is 9.94. The van der Waals surface area contributed by atoms with E-state index < -0.39 is 0 Å². The van der Waals surface area contributed by atoms with Gasteiger partial charge in [0, 0.05) is 19.7 Å². The summed E-state index contributed by atoms with van der Waals surface area (Å²) in [7, 11) is 3.13. The van der Waals surface area contributed by atoms with E-state index in [4.69, 9.17) is 26.8 Å². The largest absolute Gasteiger partial charge is 0.467 e. The van der Waals surface area contributed by atoms with Gasteiger partial charge in [-0.25, -0.2) is 4.98 Å². The molecule has 1 rings (SSSR count). The predicted molar refractivity (Wildman–Crippen MR) is 66.6 cm³/mol. The van der Waals surface area contributed by atoms with Crippen LogP contribution in [-0.4, -0.2) is 43.4 Å². The van der Waals surface area contributed by atoms with E-state index in [1.54, 1.807) is 7.11 Å². The number of nitrogens with zero attached hydrogens (tertiary/aromatic N) is 2. The summed E-state index contributed by atoms with van der Waals surface area (Å²) in [6.07, 6.45) is 2.25. The Hall–Kier alpha value is -1.11. The first kappa shape index (κ1) is 14.0. The molecule has 0 aliphatic rings. The van der Waals surface area contributed by atoms with Crippen LogP contribution in [0.2, 0.25) is 5.02 Å². The van der Waals surface area contributed by atoms with E-state index in [0.717, 1.165) is 6.42 Å². The average Bonchev–Trinajstić information content (AvgIpc) is 2.32. The average molecular weight is 261 g/mol. The topological polar surface area (TPSA) is 82.3 Å². The highest BCUT2D eigenvalue weighted by Crippen LogP contribution is 2.19. The first-order valence-electron chi connectivity index (χ1n) is 5.22. The zero-order valence-corrected chi connectivity index (χ0v) is 10.7. The molecular formula is C10H17ClN4O2. The highest BCUT2D eigenvalue weighted by molar-refractivity contribution is 6.32. The van der Waals surface area contributed by atoms with Crippen LogP contribution >= 0.6 is 11.6 Å². The number of rotatable bonds is 7. The minimum atomic E-state index is -0.00462. The summed E-state index contributed by atoms with van der Waals surface area (Å²) < 4.78 is 9.85. The molecule has 1 aromatic rings. The van der Waals surface area contributed by atoms with Crippen molar-refractivity contribution < 1.29 is 9.47 Å². The number of methoxy groups -OCH3 is 2. The van der Waals surface area contributed by atoms with Gasteiger partial charge in [-0.05, 0) is 6.42 Å².